The molecule has 4 rings (SSSR count). The van der Waals surface area contributed by atoms with Crippen molar-refractivity contribution in [3.05, 3.63) is 84.2 Å². The lowest BCUT2D eigenvalue weighted by Gasteiger charge is -2.24. The Morgan fingerprint density at radius 2 is 1.69 bits per heavy atom. The van der Waals surface area contributed by atoms with Gasteiger partial charge in [0.2, 0.25) is 5.91 Å². The monoisotopic (exact) mass is 507 g/mol. The minimum atomic E-state index is -0.779. The summed E-state index contributed by atoms with van der Waals surface area (Å²) < 4.78 is 23.9. The second-order valence-corrected chi connectivity index (χ2v) is 8.56. The third-order valence-corrected chi connectivity index (χ3v) is 6.35. The Balaban J connectivity index is 1.55. The van der Waals surface area contributed by atoms with Crippen molar-refractivity contribution >= 4 is 40.5 Å². The summed E-state index contributed by atoms with van der Waals surface area (Å²) >= 11 is 5.71. The average Bonchev–Trinajstić information content (AvgIpc) is 3.12. The van der Waals surface area contributed by atoms with Gasteiger partial charge in [0, 0.05) is 12.2 Å². The second kappa shape index (κ2) is 11.2. The fraction of sp³-hybridized carbons (Fsp3) is 0.222. The van der Waals surface area contributed by atoms with Gasteiger partial charge in [0.05, 0.1) is 26.3 Å². The molecule has 1 atom stereocenters. The average molecular weight is 508 g/mol. The van der Waals surface area contributed by atoms with E-state index in [4.69, 9.17) is 21.7 Å². The molecule has 7 nitrogen and oxygen atoms in total. The first-order chi connectivity index (χ1) is 17.4. The Hall–Kier alpha value is -3.98. The predicted molar refractivity (Wildman–Crippen MR) is 140 cm³/mol. The SMILES string of the molecule is COc1ccc(CCN2C(=S)N(c3ccccc3)C(=O)[C@@H]2CC(=O)Nc2ccc(F)cc2)cc1OC. The molecule has 186 valence electrons. The van der Waals surface area contributed by atoms with Gasteiger partial charge in [0.15, 0.2) is 16.6 Å². The van der Waals surface area contributed by atoms with Crippen LogP contribution in [-0.4, -0.2) is 48.6 Å². The van der Waals surface area contributed by atoms with Crippen LogP contribution in [0.3, 0.4) is 0 Å². The van der Waals surface area contributed by atoms with Crippen molar-refractivity contribution in [3.8, 4) is 11.5 Å². The molecular weight excluding hydrogens is 481 g/mol. The minimum absolute atomic E-state index is 0.106. The molecule has 0 radical (unpaired) electrons. The summed E-state index contributed by atoms with van der Waals surface area (Å²) in [6.07, 6.45) is 0.456. The first-order valence-corrected chi connectivity index (χ1v) is 11.8. The van der Waals surface area contributed by atoms with E-state index in [1.54, 1.807) is 31.3 Å². The molecule has 1 N–H and O–H groups in total. The number of nitrogens with one attached hydrogen (secondary N) is 1. The molecule has 3 aromatic rings. The van der Waals surface area contributed by atoms with Gasteiger partial charge in [-0.2, -0.15) is 0 Å². The van der Waals surface area contributed by atoms with E-state index in [1.165, 1.54) is 29.2 Å². The lowest BCUT2D eigenvalue weighted by molar-refractivity contribution is -0.124. The quantitative estimate of drug-likeness (QED) is 0.433. The summed E-state index contributed by atoms with van der Waals surface area (Å²) in [6.45, 7) is 0.415. The van der Waals surface area contributed by atoms with Gasteiger partial charge >= 0.3 is 0 Å². The highest BCUT2D eigenvalue weighted by Crippen LogP contribution is 2.30. The van der Waals surface area contributed by atoms with Gasteiger partial charge in [0.1, 0.15) is 11.9 Å². The van der Waals surface area contributed by atoms with Crippen LogP contribution in [0.15, 0.2) is 72.8 Å². The van der Waals surface area contributed by atoms with Crippen molar-refractivity contribution in [3.63, 3.8) is 0 Å². The number of hydrogen-bond donors (Lipinski definition) is 1. The number of para-hydroxylation sites is 1. The Bertz CT molecular complexity index is 1250. The zero-order chi connectivity index (χ0) is 25.7. The zero-order valence-electron chi connectivity index (χ0n) is 19.9. The molecule has 2 amide bonds. The fourth-order valence-corrected chi connectivity index (χ4v) is 4.52. The first kappa shape index (κ1) is 25.1. The van der Waals surface area contributed by atoms with Crippen molar-refractivity contribution < 1.29 is 23.5 Å². The number of halogens is 1. The summed E-state index contributed by atoms with van der Waals surface area (Å²) in [5.41, 5.74) is 2.06. The van der Waals surface area contributed by atoms with Gasteiger partial charge in [-0.25, -0.2) is 4.39 Å². The van der Waals surface area contributed by atoms with E-state index in [1.807, 2.05) is 36.4 Å². The van der Waals surface area contributed by atoms with E-state index >= 15 is 0 Å². The first-order valence-electron chi connectivity index (χ1n) is 11.4. The molecule has 0 unspecified atom stereocenters. The minimum Gasteiger partial charge on any atom is -0.493 e. The van der Waals surface area contributed by atoms with Crippen LogP contribution in [0.1, 0.15) is 12.0 Å². The predicted octanol–water partition coefficient (Wildman–Crippen LogP) is 4.42. The van der Waals surface area contributed by atoms with E-state index in [0.717, 1.165) is 5.56 Å². The number of thiocarbonyl (C=S) groups is 1. The molecule has 0 bridgehead atoms. The Labute approximate surface area is 214 Å². The van der Waals surface area contributed by atoms with Gasteiger partial charge in [-0.1, -0.05) is 24.3 Å². The molecule has 0 aromatic heterocycles. The maximum Gasteiger partial charge on any atom is 0.256 e. The zero-order valence-corrected chi connectivity index (χ0v) is 20.8. The summed E-state index contributed by atoms with van der Waals surface area (Å²) in [6, 6.07) is 19.4. The molecule has 1 fully saturated rings. The van der Waals surface area contributed by atoms with Gasteiger partial charge in [-0.3, -0.25) is 14.5 Å². The van der Waals surface area contributed by atoms with E-state index in [-0.39, 0.29) is 18.2 Å². The molecule has 1 heterocycles. The maximum absolute atomic E-state index is 13.5. The number of carbonyl (C=O) groups excluding carboxylic acids is 2. The van der Waals surface area contributed by atoms with E-state index in [0.29, 0.717) is 41.0 Å². The number of nitrogens with zero attached hydrogens (tertiary/aromatic N) is 2. The number of ether oxygens (including phenoxy) is 2. The van der Waals surface area contributed by atoms with Crippen LogP contribution < -0.4 is 19.7 Å². The number of anilines is 2. The summed E-state index contributed by atoms with van der Waals surface area (Å²) in [5, 5.41) is 3.07. The van der Waals surface area contributed by atoms with Crippen LogP contribution in [0.25, 0.3) is 0 Å². The summed E-state index contributed by atoms with van der Waals surface area (Å²) in [4.78, 5) is 29.6. The highest BCUT2D eigenvalue weighted by Gasteiger charge is 2.43. The molecule has 36 heavy (non-hydrogen) atoms. The Morgan fingerprint density at radius 3 is 2.36 bits per heavy atom. The largest absolute Gasteiger partial charge is 0.493 e. The molecule has 0 spiro atoms. The van der Waals surface area contributed by atoms with Crippen molar-refractivity contribution in [2.45, 2.75) is 18.9 Å². The van der Waals surface area contributed by atoms with Crippen molar-refractivity contribution in [2.75, 3.05) is 31.0 Å². The van der Waals surface area contributed by atoms with Crippen molar-refractivity contribution in [1.29, 1.82) is 0 Å². The van der Waals surface area contributed by atoms with Gasteiger partial charge < -0.3 is 19.7 Å². The van der Waals surface area contributed by atoms with Crippen molar-refractivity contribution in [2.24, 2.45) is 0 Å². The number of methoxy groups -OCH3 is 2. The number of hydrogen-bond acceptors (Lipinski definition) is 5. The highest BCUT2D eigenvalue weighted by molar-refractivity contribution is 7.80. The van der Waals surface area contributed by atoms with Gasteiger partial charge in [-0.15, -0.1) is 0 Å². The maximum atomic E-state index is 13.5. The lowest BCUT2D eigenvalue weighted by atomic mass is 10.1. The Morgan fingerprint density at radius 1 is 1.00 bits per heavy atom. The fourth-order valence-electron chi connectivity index (χ4n) is 4.11. The molecule has 0 aliphatic carbocycles. The molecule has 9 heteroatoms. The summed E-state index contributed by atoms with van der Waals surface area (Å²) in [5.74, 6) is 0.195. The summed E-state index contributed by atoms with van der Waals surface area (Å²) in [7, 11) is 3.15. The van der Waals surface area contributed by atoms with Gasteiger partial charge in [0.25, 0.3) is 5.91 Å². The van der Waals surface area contributed by atoms with Crippen LogP contribution in [0.4, 0.5) is 15.8 Å². The lowest BCUT2D eigenvalue weighted by Crippen LogP contribution is -2.39. The Kier molecular flexibility index (Phi) is 7.80. The highest BCUT2D eigenvalue weighted by atomic mass is 32.1. The number of amides is 2. The smallest absolute Gasteiger partial charge is 0.256 e. The standard InChI is InChI=1S/C27H26FN3O4S/c1-34-23-13-8-18(16-24(23)35-2)14-15-30-22(17-25(32)29-20-11-9-19(28)10-12-20)26(33)31(27(30)36)21-6-4-3-5-7-21/h3-13,16,22H,14-15,17H2,1-2H3,(H,29,32)/t22-/m0/s1. The van der Waals surface area contributed by atoms with Crippen molar-refractivity contribution in [1.82, 2.24) is 4.90 Å². The topological polar surface area (TPSA) is 71.1 Å². The van der Waals surface area contributed by atoms with Crippen LogP contribution in [-0.2, 0) is 16.0 Å². The van der Waals surface area contributed by atoms with E-state index < -0.39 is 11.9 Å². The molecule has 0 saturated carbocycles. The molecule has 1 saturated heterocycles. The van der Waals surface area contributed by atoms with Crippen LogP contribution in [0.5, 0.6) is 11.5 Å². The number of rotatable bonds is 9. The normalized spacial score (nSPS) is 15.2. The van der Waals surface area contributed by atoms with Crippen LogP contribution in [0, 0.1) is 5.82 Å². The van der Waals surface area contributed by atoms with Crippen LogP contribution in [0.2, 0.25) is 0 Å². The van der Waals surface area contributed by atoms with E-state index in [2.05, 4.69) is 5.32 Å². The third kappa shape index (κ3) is 5.46. The second-order valence-electron chi connectivity index (χ2n) is 8.20. The third-order valence-electron chi connectivity index (χ3n) is 5.93. The molecular formula is C27H26FN3O4S. The number of benzene rings is 3. The van der Waals surface area contributed by atoms with E-state index in [9.17, 15) is 14.0 Å². The van der Waals surface area contributed by atoms with Crippen LogP contribution >= 0.6 is 12.2 Å². The van der Waals surface area contributed by atoms with Gasteiger partial charge in [-0.05, 0) is 72.7 Å². The number of carbonyl (C=O) groups is 2. The molecule has 3 aromatic carbocycles. The molecule has 1 aliphatic rings. The molecule has 1 aliphatic heterocycles.